The number of para-hydroxylation sites is 4. The van der Waals surface area contributed by atoms with E-state index in [1.165, 1.54) is 50.2 Å². The van der Waals surface area contributed by atoms with Gasteiger partial charge in [0.15, 0.2) is 0 Å². The second-order valence-electron chi connectivity index (χ2n) is 15.5. The van der Waals surface area contributed by atoms with E-state index in [0.29, 0.717) is 0 Å². The lowest BCUT2D eigenvalue weighted by Crippen LogP contribution is -2.20. The molecule has 0 heterocycles. The number of hydrogen-bond acceptors (Lipinski definition) is 2. The van der Waals surface area contributed by atoms with Crippen LogP contribution >= 0.6 is 0 Å². The summed E-state index contributed by atoms with van der Waals surface area (Å²) in [5.74, 6) is 0. The number of benzene rings is 7. The Bertz CT molecular complexity index is 2430. The van der Waals surface area contributed by atoms with Gasteiger partial charge in [0.05, 0.1) is 0 Å². The van der Waals surface area contributed by atoms with Crippen molar-refractivity contribution in [2.24, 2.45) is 0 Å². The van der Waals surface area contributed by atoms with Crippen molar-refractivity contribution in [3.8, 4) is 0 Å². The third-order valence-electron chi connectivity index (χ3n) is 11.4. The van der Waals surface area contributed by atoms with Gasteiger partial charge >= 0.3 is 0 Å². The van der Waals surface area contributed by atoms with Gasteiger partial charge in [0.25, 0.3) is 0 Å². The van der Waals surface area contributed by atoms with Gasteiger partial charge in [0, 0.05) is 45.0 Å². The molecule has 0 bridgehead atoms. The summed E-state index contributed by atoms with van der Waals surface area (Å²) in [5.41, 5.74) is 17.5. The SMILES string of the molecule is CC1(C)C2=C(c3ccc(/C=C/c4ccc(N(c5ccccc5)c5ccccc5)cc4)cc31)C(C)(C)c1cc(N(c3ccccc3)c3ccccc3)ccc12. The third-order valence-corrected chi connectivity index (χ3v) is 11.4. The van der Waals surface area contributed by atoms with Crippen LogP contribution in [0.25, 0.3) is 23.3 Å². The molecule has 2 aliphatic rings. The summed E-state index contributed by atoms with van der Waals surface area (Å²) in [6.07, 6.45) is 4.49. The molecule has 0 saturated carbocycles. The second-order valence-corrected chi connectivity index (χ2v) is 15.5. The maximum absolute atomic E-state index is 2.44. The molecule has 2 heteroatoms. The van der Waals surface area contributed by atoms with Crippen molar-refractivity contribution in [3.63, 3.8) is 0 Å². The lowest BCUT2D eigenvalue weighted by atomic mass is 9.75. The van der Waals surface area contributed by atoms with E-state index in [-0.39, 0.29) is 10.8 Å². The highest BCUT2D eigenvalue weighted by atomic mass is 15.1. The van der Waals surface area contributed by atoms with E-state index in [1.54, 1.807) is 0 Å². The van der Waals surface area contributed by atoms with Crippen LogP contribution in [0.2, 0.25) is 0 Å². The van der Waals surface area contributed by atoms with E-state index in [1.807, 2.05) is 0 Å². The van der Waals surface area contributed by atoms with Crippen LogP contribution < -0.4 is 9.80 Å². The number of hydrogen-bond donors (Lipinski definition) is 0. The van der Waals surface area contributed by atoms with E-state index < -0.39 is 0 Å². The van der Waals surface area contributed by atoms with E-state index in [9.17, 15) is 0 Å². The van der Waals surface area contributed by atoms with Crippen molar-refractivity contribution in [3.05, 3.63) is 215 Å². The standard InChI is InChI=1S/C52H44N2/c1-51(2)47-35-38(26-25-37-27-30-43(31-28-37)53(39-17-9-5-10-18-39)40-19-11-6-12-20-40)29-33-45(47)49-50(51)46-34-32-44(36-48(46)52(49,3)4)54(41-21-13-7-14-22-41)42-23-15-8-16-24-42/h5-36H,1-4H3/b26-25+. The highest BCUT2D eigenvalue weighted by Crippen LogP contribution is 2.63. The van der Waals surface area contributed by atoms with Crippen LogP contribution in [0.15, 0.2) is 182 Å². The van der Waals surface area contributed by atoms with Crippen molar-refractivity contribution in [2.75, 3.05) is 9.80 Å². The van der Waals surface area contributed by atoms with Crippen LogP contribution in [0, 0.1) is 0 Å². The normalized spacial score (nSPS) is 14.8. The molecule has 2 aliphatic carbocycles. The molecule has 262 valence electrons. The van der Waals surface area contributed by atoms with Gasteiger partial charge in [-0.2, -0.15) is 0 Å². The Labute approximate surface area is 320 Å². The molecule has 0 amide bonds. The van der Waals surface area contributed by atoms with Crippen molar-refractivity contribution < 1.29 is 0 Å². The number of fused-ring (bicyclic) bond motifs is 4. The van der Waals surface area contributed by atoms with Gasteiger partial charge in [-0.15, -0.1) is 0 Å². The summed E-state index contributed by atoms with van der Waals surface area (Å²) in [5, 5.41) is 0. The molecule has 7 aromatic carbocycles. The molecular weight excluding hydrogens is 653 g/mol. The molecule has 0 atom stereocenters. The predicted molar refractivity (Wildman–Crippen MR) is 230 cm³/mol. The van der Waals surface area contributed by atoms with Gasteiger partial charge in [0.1, 0.15) is 0 Å². The first kappa shape index (κ1) is 33.5. The predicted octanol–water partition coefficient (Wildman–Crippen LogP) is 14.3. The lowest BCUT2D eigenvalue weighted by Gasteiger charge is -2.31. The number of rotatable bonds is 8. The Hall–Kier alpha value is -6.38. The number of nitrogens with zero attached hydrogens (tertiary/aromatic N) is 2. The fourth-order valence-corrected chi connectivity index (χ4v) is 8.77. The maximum Gasteiger partial charge on any atom is 0.0465 e. The van der Waals surface area contributed by atoms with Crippen LogP contribution in [-0.2, 0) is 10.8 Å². The molecule has 54 heavy (non-hydrogen) atoms. The highest BCUT2D eigenvalue weighted by Gasteiger charge is 2.49. The molecule has 0 radical (unpaired) electrons. The molecule has 2 nitrogen and oxygen atoms in total. The van der Waals surface area contributed by atoms with Crippen molar-refractivity contribution >= 4 is 57.4 Å². The fourth-order valence-electron chi connectivity index (χ4n) is 8.77. The van der Waals surface area contributed by atoms with Crippen LogP contribution in [0.4, 0.5) is 34.1 Å². The van der Waals surface area contributed by atoms with E-state index >= 15 is 0 Å². The van der Waals surface area contributed by atoms with Crippen LogP contribution in [-0.4, -0.2) is 0 Å². The molecule has 0 unspecified atom stereocenters. The smallest absolute Gasteiger partial charge is 0.0465 e. The van der Waals surface area contributed by atoms with Gasteiger partial charge in [-0.05, 0) is 117 Å². The second kappa shape index (κ2) is 13.2. The first-order valence-electron chi connectivity index (χ1n) is 18.9. The van der Waals surface area contributed by atoms with Gasteiger partial charge in [-0.25, -0.2) is 0 Å². The lowest BCUT2D eigenvalue weighted by molar-refractivity contribution is 0.694. The maximum atomic E-state index is 2.44. The largest absolute Gasteiger partial charge is 0.311 e. The molecule has 0 N–H and O–H groups in total. The Morgan fingerprint density at radius 1 is 0.333 bits per heavy atom. The minimum absolute atomic E-state index is 0.128. The van der Waals surface area contributed by atoms with Gasteiger partial charge in [0.2, 0.25) is 0 Å². The Morgan fingerprint density at radius 3 is 1.13 bits per heavy atom. The van der Waals surface area contributed by atoms with Gasteiger partial charge in [-0.1, -0.05) is 149 Å². The molecule has 0 aromatic heterocycles. The topological polar surface area (TPSA) is 6.48 Å². The summed E-state index contributed by atoms with van der Waals surface area (Å²) in [4.78, 5) is 4.67. The zero-order valence-corrected chi connectivity index (χ0v) is 31.4. The van der Waals surface area contributed by atoms with E-state index in [2.05, 4.69) is 232 Å². The zero-order valence-electron chi connectivity index (χ0n) is 31.4. The Morgan fingerprint density at radius 2 is 0.667 bits per heavy atom. The van der Waals surface area contributed by atoms with E-state index in [4.69, 9.17) is 0 Å². The Kier molecular flexibility index (Phi) is 8.20. The zero-order chi connectivity index (χ0) is 36.9. The minimum atomic E-state index is -0.144. The summed E-state index contributed by atoms with van der Waals surface area (Å²) >= 11 is 0. The number of allylic oxidation sites excluding steroid dienone is 2. The molecule has 0 spiro atoms. The summed E-state index contributed by atoms with van der Waals surface area (Å²) in [6.45, 7) is 9.63. The first-order chi connectivity index (χ1) is 26.3. The molecule has 7 aromatic rings. The molecular formula is C52H44N2. The van der Waals surface area contributed by atoms with Crippen molar-refractivity contribution in [1.29, 1.82) is 0 Å². The average Bonchev–Trinajstić information content (AvgIpc) is 3.60. The monoisotopic (exact) mass is 696 g/mol. The number of anilines is 6. The summed E-state index contributed by atoms with van der Waals surface area (Å²) < 4.78 is 0. The quantitative estimate of drug-likeness (QED) is 0.146. The average molecular weight is 697 g/mol. The summed E-state index contributed by atoms with van der Waals surface area (Å²) in [7, 11) is 0. The minimum Gasteiger partial charge on any atom is -0.311 e. The van der Waals surface area contributed by atoms with Crippen LogP contribution in [0.3, 0.4) is 0 Å². The Balaban J connectivity index is 1.01. The molecule has 0 aliphatic heterocycles. The highest BCUT2D eigenvalue weighted by molar-refractivity contribution is 6.10. The van der Waals surface area contributed by atoms with Crippen molar-refractivity contribution in [1.82, 2.24) is 0 Å². The fraction of sp³-hybridized carbons (Fsp3) is 0.115. The first-order valence-corrected chi connectivity index (χ1v) is 18.9. The third kappa shape index (κ3) is 5.67. The molecule has 0 saturated heterocycles. The van der Waals surface area contributed by atoms with Crippen LogP contribution in [0.1, 0.15) is 61.1 Å². The molecule has 0 fully saturated rings. The molecule has 9 rings (SSSR count). The van der Waals surface area contributed by atoms with Crippen LogP contribution in [0.5, 0.6) is 0 Å². The van der Waals surface area contributed by atoms with E-state index in [0.717, 1.165) is 28.4 Å². The van der Waals surface area contributed by atoms with Gasteiger partial charge in [-0.3, -0.25) is 0 Å². The van der Waals surface area contributed by atoms with Gasteiger partial charge < -0.3 is 9.80 Å². The summed E-state index contributed by atoms with van der Waals surface area (Å²) in [6, 6.07) is 65.5. The van der Waals surface area contributed by atoms with Crippen molar-refractivity contribution in [2.45, 2.75) is 38.5 Å².